The molecule has 0 aromatic heterocycles. The van der Waals surface area contributed by atoms with Crippen molar-refractivity contribution in [1.29, 1.82) is 0 Å². The molecule has 1 N–H and O–H groups in total. The summed E-state index contributed by atoms with van der Waals surface area (Å²) in [5.74, 6) is 0.275. The second kappa shape index (κ2) is 5.54. The van der Waals surface area contributed by atoms with E-state index in [2.05, 4.69) is 30.9 Å². The molecule has 0 amide bonds. The predicted molar refractivity (Wildman–Crippen MR) is 81.1 cm³/mol. The minimum Gasteiger partial charge on any atom is -0.508 e. The molecule has 0 fully saturated rings. The molecule has 0 radical (unpaired) electrons. The van der Waals surface area contributed by atoms with Crippen LogP contribution < -0.4 is 4.90 Å². The van der Waals surface area contributed by atoms with Gasteiger partial charge in [0.2, 0.25) is 0 Å². The lowest BCUT2D eigenvalue weighted by Crippen LogP contribution is -2.22. The lowest BCUT2D eigenvalue weighted by atomic mass is 10.0. The van der Waals surface area contributed by atoms with Gasteiger partial charge in [-0.15, -0.1) is 0 Å². The highest BCUT2D eigenvalue weighted by Gasteiger charge is 2.17. The second-order valence-corrected chi connectivity index (χ2v) is 5.21. The highest BCUT2D eigenvalue weighted by atomic mass is 35.5. The van der Waals surface area contributed by atoms with Crippen molar-refractivity contribution in [2.75, 3.05) is 11.9 Å². The number of aryl methyl sites for hydroxylation is 1. The molecule has 0 bridgehead atoms. The van der Waals surface area contributed by atoms with Gasteiger partial charge in [0, 0.05) is 23.3 Å². The first-order chi connectivity index (χ1) is 9.00. The van der Waals surface area contributed by atoms with Gasteiger partial charge in [-0.05, 0) is 43.7 Å². The normalized spacial score (nSPS) is 12.2. The van der Waals surface area contributed by atoms with E-state index in [0.29, 0.717) is 5.02 Å². The topological polar surface area (TPSA) is 23.5 Å². The van der Waals surface area contributed by atoms with Gasteiger partial charge in [-0.2, -0.15) is 0 Å². The Morgan fingerprint density at radius 3 is 2.53 bits per heavy atom. The summed E-state index contributed by atoms with van der Waals surface area (Å²) in [6.45, 7) is 4.13. The molecule has 0 aliphatic rings. The number of phenolic OH excluding ortho intramolecular Hbond substituents is 1. The summed E-state index contributed by atoms with van der Waals surface area (Å²) in [6, 6.07) is 13.4. The van der Waals surface area contributed by atoms with Crippen LogP contribution in [0.1, 0.15) is 24.1 Å². The van der Waals surface area contributed by atoms with Crippen LogP contribution in [0.25, 0.3) is 0 Å². The van der Waals surface area contributed by atoms with E-state index in [0.717, 1.165) is 11.3 Å². The van der Waals surface area contributed by atoms with E-state index in [1.165, 1.54) is 5.56 Å². The van der Waals surface area contributed by atoms with Gasteiger partial charge in [0.1, 0.15) is 5.75 Å². The smallest absolute Gasteiger partial charge is 0.120 e. The van der Waals surface area contributed by atoms with Crippen molar-refractivity contribution in [2.45, 2.75) is 19.9 Å². The highest BCUT2D eigenvalue weighted by molar-refractivity contribution is 6.30. The molecule has 0 aliphatic heterocycles. The van der Waals surface area contributed by atoms with Crippen LogP contribution in [0, 0.1) is 6.92 Å². The van der Waals surface area contributed by atoms with E-state index in [-0.39, 0.29) is 11.8 Å². The van der Waals surface area contributed by atoms with Crippen LogP contribution in [0.15, 0.2) is 42.5 Å². The van der Waals surface area contributed by atoms with Crippen LogP contribution in [0.5, 0.6) is 5.75 Å². The monoisotopic (exact) mass is 275 g/mol. The standard InChI is InChI=1S/C16H18ClNO/c1-11-6-4-5-7-15(11)18(3)12(2)14-10-13(17)8-9-16(14)19/h4-10,12,19H,1-3H3. The lowest BCUT2D eigenvalue weighted by Gasteiger charge is -2.29. The average Bonchev–Trinajstić information content (AvgIpc) is 2.40. The first-order valence-electron chi connectivity index (χ1n) is 6.27. The van der Waals surface area contributed by atoms with Gasteiger partial charge >= 0.3 is 0 Å². The highest BCUT2D eigenvalue weighted by Crippen LogP contribution is 2.33. The van der Waals surface area contributed by atoms with E-state index < -0.39 is 0 Å². The van der Waals surface area contributed by atoms with Gasteiger partial charge in [-0.25, -0.2) is 0 Å². The van der Waals surface area contributed by atoms with Crippen LogP contribution in [0.4, 0.5) is 5.69 Å². The molecular formula is C16H18ClNO. The van der Waals surface area contributed by atoms with Gasteiger partial charge in [0.05, 0.1) is 6.04 Å². The van der Waals surface area contributed by atoms with Crippen LogP contribution in [-0.2, 0) is 0 Å². The molecule has 1 unspecified atom stereocenters. The first kappa shape index (κ1) is 13.8. The summed E-state index contributed by atoms with van der Waals surface area (Å²) in [7, 11) is 2.02. The number of anilines is 1. The maximum atomic E-state index is 9.99. The van der Waals surface area contributed by atoms with E-state index in [9.17, 15) is 5.11 Å². The van der Waals surface area contributed by atoms with E-state index in [1.807, 2.05) is 25.2 Å². The molecular weight excluding hydrogens is 258 g/mol. The molecule has 1 atom stereocenters. The molecule has 19 heavy (non-hydrogen) atoms. The van der Waals surface area contributed by atoms with Crippen molar-refractivity contribution in [3.8, 4) is 5.75 Å². The van der Waals surface area contributed by atoms with Gasteiger partial charge < -0.3 is 10.0 Å². The van der Waals surface area contributed by atoms with E-state index in [1.54, 1.807) is 12.1 Å². The molecule has 100 valence electrons. The Bertz CT molecular complexity index is 583. The molecule has 0 heterocycles. The fourth-order valence-electron chi connectivity index (χ4n) is 2.24. The molecule has 0 saturated heterocycles. The third-order valence-corrected chi connectivity index (χ3v) is 3.75. The summed E-state index contributed by atoms with van der Waals surface area (Å²) in [4.78, 5) is 2.14. The van der Waals surface area contributed by atoms with Crippen molar-refractivity contribution in [3.05, 3.63) is 58.6 Å². The van der Waals surface area contributed by atoms with Crippen molar-refractivity contribution < 1.29 is 5.11 Å². The van der Waals surface area contributed by atoms with Crippen molar-refractivity contribution >= 4 is 17.3 Å². The fourth-order valence-corrected chi connectivity index (χ4v) is 2.42. The zero-order valence-electron chi connectivity index (χ0n) is 11.4. The Labute approximate surface area is 119 Å². The summed E-state index contributed by atoms with van der Waals surface area (Å²) < 4.78 is 0. The number of hydrogen-bond acceptors (Lipinski definition) is 2. The van der Waals surface area contributed by atoms with Crippen LogP contribution >= 0.6 is 11.6 Å². The Hall–Kier alpha value is -1.67. The zero-order valence-corrected chi connectivity index (χ0v) is 12.1. The molecule has 2 nitrogen and oxygen atoms in total. The number of halogens is 1. The van der Waals surface area contributed by atoms with E-state index >= 15 is 0 Å². The number of benzene rings is 2. The van der Waals surface area contributed by atoms with Gasteiger partial charge in [0.15, 0.2) is 0 Å². The number of para-hydroxylation sites is 1. The van der Waals surface area contributed by atoms with E-state index in [4.69, 9.17) is 11.6 Å². The Morgan fingerprint density at radius 2 is 1.84 bits per heavy atom. The molecule has 2 aromatic rings. The summed E-state index contributed by atoms with van der Waals surface area (Å²) in [5.41, 5.74) is 3.19. The SMILES string of the molecule is Cc1ccccc1N(C)C(C)c1cc(Cl)ccc1O. The molecule has 0 spiro atoms. The van der Waals surface area contributed by atoms with Gasteiger partial charge in [-0.1, -0.05) is 29.8 Å². The molecule has 0 saturated carbocycles. The first-order valence-corrected chi connectivity index (χ1v) is 6.65. The number of phenols is 1. The summed E-state index contributed by atoms with van der Waals surface area (Å²) in [5, 5.41) is 10.6. The number of aromatic hydroxyl groups is 1. The summed E-state index contributed by atoms with van der Waals surface area (Å²) >= 11 is 6.01. The quantitative estimate of drug-likeness (QED) is 0.888. The minimum absolute atomic E-state index is 0.0415. The van der Waals surface area contributed by atoms with Crippen molar-refractivity contribution in [3.63, 3.8) is 0 Å². The predicted octanol–water partition coefficient (Wildman–Crippen LogP) is 4.55. The fraction of sp³-hybridized carbons (Fsp3) is 0.250. The lowest BCUT2D eigenvalue weighted by molar-refractivity contribution is 0.462. The van der Waals surface area contributed by atoms with Gasteiger partial charge in [-0.3, -0.25) is 0 Å². The van der Waals surface area contributed by atoms with Crippen molar-refractivity contribution in [2.24, 2.45) is 0 Å². The number of rotatable bonds is 3. The minimum atomic E-state index is 0.0415. The van der Waals surface area contributed by atoms with Crippen LogP contribution in [0.3, 0.4) is 0 Å². The maximum Gasteiger partial charge on any atom is 0.120 e. The molecule has 0 aliphatic carbocycles. The number of nitrogens with zero attached hydrogens (tertiary/aromatic N) is 1. The molecule has 3 heteroatoms. The van der Waals surface area contributed by atoms with Crippen LogP contribution in [0.2, 0.25) is 5.02 Å². The Kier molecular flexibility index (Phi) is 4.01. The Morgan fingerprint density at radius 1 is 1.16 bits per heavy atom. The summed E-state index contributed by atoms with van der Waals surface area (Å²) in [6.07, 6.45) is 0. The maximum absolute atomic E-state index is 9.99. The third-order valence-electron chi connectivity index (χ3n) is 3.52. The Balaban J connectivity index is 2.36. The van der Waals surface area contributed by atoms with Crippen LogP contribution in [-0.4, -0.2) is 12.2 Å². The average molecular weight is 276 g/mol. The van der Waals surface area contributed by atoms with Crippen molar-refractivity contribution in [1.82, 2.24) is 0 Å². The molecule has 2 rings (SSSR count). The molecule has 2 aromatic carbocycles. The third kappa shape index (κ3) is 2.85. The van der Waals surface area contributed by atoms with Gasteiger partial charge in [0.25, 0.3) is 0 Å². The second-order valence-electron chi connectivity index (χ2n) is 4.78. The number of hydrogen-bond donors (Lipinski definition) is 1. The zero-order chi connectivity index (χ0) is 14.0. The largest absolute Gasteiger partial charge is 0.508 e.